The highest BCUT2D eigenvalue weighted by molar-refractivity contribution is 5.83. The Morgan fingerprint density at radius 1 is 1.12 bits per heavy atom. The lowest BCUT2D eigenvalue weighted by Crippen LogP contribution is -2.33. The van der Waals surface area contributed by atoms with Crippen LogP contribution in [0.2, 0.25) is 0 Å². The molecule has 3 rings (SSSR count). The number of H-pyrrole nitrogens is 1. The van der Waals surface area contributed by atoms with Gasteiger partial charge >= 0.3 is 0 Å². The van der Waals surface area contributed by atoms with Gasteiger partial charge < -0.3 is 19.8 Å². The van der Waals surface area contributed by atoms with Crippen molar-refractivity contribution in [3.8, 4) is 11.5 Å². The van der Waals surface area contributed by atoms with Gasteiger partial charge in [-0.15, -0.1) is 0 Å². The van der Waals surface area contributed by atoms with E-state index in [0.29, 0.717) is 22.6 Å². The van der Waals surface area contributed by atoms with Gasteiger partial charge in [0, 0.05) is 29.5 Å². The van der Waals surface area contributed by atoms with Crippen LogP contribution in [0.5, 0.6) is 11.5 Å². The van der Waals surface area contributed by atoms with Crippen LogP contribution in [-0.2, 0) is 11.3 Å². The molecule has 1 amide bonds. The Hall–Kier alpha value is -2.50. The smallest absolute Gasteiger partial charge is 0.253 e. The van der Waals surface area contributed by atoms with Crippen LogP contribution in [0.3, 0.4) is 0 Å². The van der Waals surface area contributed by atoms with Gasteiger partial charge in [-0.2, -0.15) is 0 Å². The number of hydrogen-bond donors (Lipinski definition) is 2. The first-order valence-electron chi connectivity index (χ1n) is 8.68. The number of aromatic amines is 1. The third kappa shape index (κ3) is 3.78. The zero-order valence-corrected chi connectivity index (χ0v) is 14.7. The molecule has 0 spiro atoms. The van der Waals surface area contributed by atoms with Gasteiger partial charge in [0.05, 0.1) is 19.7 Å². The second kappa shape index (κ2) is 7.59. The maximum atomic E-state index is 12.3. The standard InChI is InChI=1S/C19H24N2O4/c1-24-16-9-13-8-14(19(23)21-15(13)10-17(16)25-2)11-20-18(22)12-6-4-3-5-7-12/h8-10,12H,3-7,11H2,1-2H3,(H,20,22)(H,21,23). The number of rotatable bonds is 5. The summed E-state index contributed by atoms with van der Waals surface area (Å²) in [5, 5.41) is 3.74. The Morgan fingerprint density at radius 2 is 1.80 bits per heavy atom. The highest BCUT2D eigenvalue weighted by atomic mass is 16.5. The van der Waals surface area contributed by atoms with E-state index in [1.54, 1.807) is 26.4 Å². The molecule has 0 radical (unpaired) electrons. The van der Waals surface area contributed by atoms with E-state index in [1.807, 2.05) is 6.07 Å². The van der Waals surface area contributed by atoms with E-state index >= 15 is 0 Å². The first-order chi connectivity index (χ1) is 12.1. The topological polar surface area (TPSA) is 80.4 Å². The number of aromatic nitrogens is 1. The molecule has 1 aromatic carbocycles. The van der Waals surface area contributed by atoms with E-state index in [1.165, 1.54) is 6.42 Å². The molecule has 0 saturated heterocycles. The number of ether oxygens (including phenoxy) is 2. The molecule has 0 unspecified atom stereocenters. The van der Waals surface area contributed by atoms with Gasteiger partial charge in [-0.25, -0.2) is 0 Å². The molecule has 1 aliphatic rings. The number of amides is 1. The van der Waals surface area contributed by atoms with Crippen molar-refractivity contribution in [1.82, 2.24) is 10.3 Å². The van der Waals surface area contributed by atoms with Crippen LogP contribution in [0.15, 0.2) is 23.0 Å². The first-order valence-corrected chi connectivity index (χ1v) is 8.68. The third-order valence-corrected chi connectivity index (χ3v) is 4.85. The molecular formula is C19H24N2O4. The Balaban J connectivity index is 1.80. The minimum absolute atomic E-state index is 0.0477. The number of hydrogen-bond acceptors (Lipinski definition) is 4. The minimum Gasteiger partial charge on any atom is -0.493 e. The summed E-state index contributed by atoms with van der Waals surface area (Å²) in [5.74, 6) is 1.28. The van der Waals surface area contributed by atoms with Gasteiger partial charge in [-0.3, -0.25) is 9.59 Å². The summed E-state index contributed by atoms with van der Waals surface area (Å²) in [7, 11) is 3.12. The summed E-state index contributed by atoms with van der Waals surface area (Å²) in [6.45, 7) is 0.231. The summed E-state index contributed by atoms with van der Waals surface area (Å²) in [6.07, 6.45) is 5.31. The Labute approximate surface area is 146 Å². The molecule has 1 aromatic heterocycles. The van der Waals surface area contributed by atoms with E-state index in [4.69, 9.17) is 9.47 Å². The van der Waals surface area contributed by atoms with Gasteiger partial charge in [0.25, 0.3) is 5.56 Å². The SMILES string of the molecule is COc1cc2cc(CNC(=O)C3CCCCC3)c(=O)[nH]c2cc1OC. The van der Waals surface area contributed by atoms with E-state index in [2.05, 4.69) is 10.3 Å². The largest absolute Gasteiger partial charge is 0.493 e. The number of pyridine rings is 1. The minimum atomic E-state index is -0.205. The summed E-state index contributed by atoms with van der Waals surface area (Å²) < 4.78 is 10.6. The van der Waals surface area contributed by atoms with Crippen molar-refractivity contribution >= 4 is 16.8 Å². The van der Waals surface area contributed by atoms with Crippen molar-refractivity contribution in [1.29, 1.82) is 0 Å². The Morgan fingerprint density at radius 3 is 2.48 bits per heavy atom. The molecule has 1 saturated carbocycles. The average molecular weight is 344 g/mol. The lowest BCUT2D eigenvalue weighted by molar-refractivity contribution is -0.126. The molecule has 25 heavy (non-hydrogen) atoms. The second-order valence-corrected chi connectivity index (χ2v) is 6.47. The molecule has 1 aliphatic carbocycles. The van der Waals surface area contributed by atoms with Crippen molar-refractivity contribution < 1.29 is 14.3 Å². The quantitative estimate of drug-likeness (QED) is 0.874. The van der Waals surface area contributed by atoms with Gasteiger partial charge in [0.1, 0.15) is 0 Å². The number of carbonyl (C=O) groups is 1. The number of benzene rings is 1. The van der Waals surface area contributed by atoms with E-state index in [-0.39, 0.29) is 23.9 Å². The molecule has 0 bridgehead atoms. The Bertz CT molecular complexity index is 822. The number of nitrogens with one attached hydrogen (secondary N) is 2. The first kappa shape index (κ1) is 17.3. The molecule has 134 valence electrons. The summed E-state index contributed by atoms with van der Waals surface area (Å²) >= 11 is 0. The maximum Gasteiger partial charge on any atom is 0.253 e. The van der Waals surface area contributed by atoms with Crippen LogP contribution < -0.4 is 20.3 Å². The summed E-state index contributed by atoms with van der Waals surface area (Å²) in [6, 6.07) is 5.34. The van der Waals surface area contributed by atoms with Crippen LogP contribution in [0.4, 0.5) is 0 Å². The van der Waals surface area contributed by atoms with E-state index in [0.717, 1.165) is 31.1 Å². The van der Waals surface area contributed by atoms with Crippen LogP contribution in [-0.4, -0.2) is 25.1 Å². The average Bonchev–Trinajstić information content (AvgIpc) is 2.65. The summed E-state index contributed by atoms with van der Waals surface area (Å²) in [4.78, 5) is 27.4. The van der Waals surface area contributed by atoms with Crippen molar-refractivity contribution in [2.45, 2.75) is 38.6 Å². The van der Waals surface area contributed by atoms with E-state index < -0.39 is 0 Å². The fourth-order valence-corrected chi connectivity index (χ4v) is 3.40. The lowest BCUT2D eigenvalue weighted by Gasteiger charge is -2.20. The number of methoxy groups -OCH3 is 2. The van der Waals surface area contributed by atoms with Gasteiger partial charge in [-0.1, -0.05) is 19.3 Å². The fraction of sp³-hybridized carbons (Fsp3) is 0.474. The van der Waals surface area contributed by atoms with Gasteiger partial charge in [0.2, 0.25) is 5.91 Å². The van der Waals surface area contributed by atoms with Crippen LogP contribution >= 0.6 is 0 Å². The number of carbonyl (C=O) groups excluding carboxylic acids is 1. The highest BCUT2D eigenvalue weighted by Gasteiger charge is 2.21. The molecule has 0 aliphatic heterocycles. The lowest BCUT2D eigenvalue weighted by atomic mass is 9.88. The number of fused-ring (bicyclic) bond motifs is 1. The molecule has 6 nitrogen and oxygen atoms in total. The van der Waals surface area contributed by atoms with Crippen LogP contribution in [0.25, 0.3) is 10.9 Å². The predicted octanol–water partition coefficient (Wildman–Crippen LogP) is 2.74. The molecule has 6 heteroatoms. The normalized spacial score (nSPS) is 15.1. The summed E-state index contributed by atoms with van der Waals surface area (Å²) in [5.41, 5.74) is 0.998. The highest BCUT2D eigenvalue weighted by Crippen LogP contribution is 2.31. The van der Waals surface area contributed by atoms with Gasteiger partial charge in [0.15, 0.2) is 11.5 Å². The second-order valence-electron chi connectivity index (χ2n) is 6.47. The predicted molar refractivity (Wildman–Crippen MR) is 96.1 cm³/mol. The third-order valence-electron chi connectivity index (χ3n) is 4.85. The monoisotopic (exact) mass is 344 g/mol. The molecule has 1 fully saturated rings. The van der Waals surface area contributed by atoms with E-state index in [9.17, 15) is 9.59 Å². The van der Waals surface area contributed by atoms with Crippen molar-refractivity contribution in [3.63, 3.8) is 0 Å². The molecule has 1 heterocycles. The van der Waals surface area contributed by atoms with Crippen LogP contribution in [0.1, 0.15) is 37.7 Å². The van der Waals surface area contributed by atoms with Crippen LogP contribution in [0, 0.1) is 5.92 Å². The van der Waals surface area contributed by atoms with Crippen molar-refractivity contribution in [2.24, 2.45) is 5.92 Å². The molecule has 2 aromatic rings. The Kier molecular flexibility index (Phi) is 5.26. The van der Waals surface area contributed by atoms with Gasteiger partial charge in [-0.05, 0) is 25.0 Å². The van der Waals surface area contributed by atoms with Crippen molar-refractivity contribution in [2.75, 3.05) is 14.2 Å². The van der Waals surface area contributed by atoms with Crippen molar-refractivity contribution in [3.05, 3.63) is 34.1 Å². The zero-order chi connectivity index (χ0) is 17.8. The molecule has 2 N–H and O–H groups in total. The maximum absolute atomic E-state index is 12.3. The zero-order valence-electron chi connectivity index (χ0n) is 14.7. The fourth-order valence-electron chi connectivity index (χ4n) is 3.40. The molecular weight excluding hydrogens is 320 g/mol. The molecule has 0 atom stereocenters.